The van der Waals surface area contributed by atoms with Gasteiger partial charge in [-0.3, -0.25) is 9.58 Å². The number of imidazole rings is 1. The minimum absolute atomic E-state index is 0.0100. The normalized spacial score (nSPS) is 21.4. The Labute approximate surface area is 182 Å². The third-order valence-electron chi connectivity index (χ3n) is 6.92. The molecule has 0 spiro atoms. The van der Waals surface area contributed by atoms with Gasteiger partial charge in [-0.05, 0) is 39.0 Å². The number of aryl methyl sites for hydroxylation is 2. The summed E-state index contributed by atoms with van der Waals surface area (Å²) in [7, 11) is 1.96. The molecular formula is C22H31N7O2. The van der Waals surface area contributed by atoms with Crippen molar-refractivity contribution in [3.05, 3.63) is 18.2 Å². The van der Waals surface area contributed by atoms with Gasteiger partial charge in [0.25, 0.3) is 0 Å². The number of aromatic nitrogens is 6. The van der Waals surface area contributed by atoms with Crippen LogP contribution in [0.4, 0.5) is 0 Å². The van der Waals surface area contributed by atoms with Crippen LogP contribution in [0.5, 0.6) is 5.88 Å². The van der Waals surface area contributed by atoms with E-state index in [1.807, 2.05) is 22.5 Å². The molecule has 4 heterocycles. The Morgan fingerprint density at radius 2 is 2.03 bits per heavy atom. The molecule has 0 bridgehead atoms. The van der Waals surface area contributed by atoms with Gasteiger partial charge in [0.05, 0.1) is 11.8 Å². The van der Waals surface area contributed by atoms with Crippen molar-refractivity contribution in [3.8, 4) is 17.3 Å². The first-order valence-electron chi connectivity index (χ1n) is 11.4. The van der Waals surface area contributed by atoms with Gasteiger partial charge in [-0.2, -0.15) is 10.1 Å². The lowest BCUT2D eigenvalue weighted by atomic mass is 10.1. The molecule has 166 valence electrons. The highest BCUT2D eigenvalue weighted by Crippen LogP contribution is 2.32. The minimum atomic E-state index is -0.360. The smallest absolute Gasteiger partial charge is 0.245 e. The van der Waals surface area contributed by atoms with Crippen molar-refractivity contribution in [1.29, 1.82) is 0 Å². The second kappa shape index (κ2) is 8.20. The van der Waals surface area contributed by atoms with Gasteiger partial charge in [-0.25, -0.2) is 9.97 Å². The van der Waals surface area contributed by atoms with Crippen molar-refractivity contribution in [1.82, 2.24) is 34.2 Å². The van der Waals surface area contributed by atoms with Crippen molar-refractivity contribution in [2.24, 2.45) is 13.0 Å². The van der Waals surface area contributed by atoms with E-state index < -0.39 is 0 Å². The summed E-state index contributed by atoms with van der Waals surface area (Å²) in [6, 6.07) is 0. The van der Waals surface area contributed by atoms with Gasteiger partial charge >= 0.3 is 0 Å². The van der Waals surface area contributed by atoms with Gasteiger partial charge in [-0.15, -0.1) is 0 Å². The Hall–Kier alpha value is -2.52. The quantitative estimate of drug-likeness (QED) is 0.648. The van der Waals surface area contributed by atoms with E-state index in [0.29, 0.717) is 23.9 Å². The van der Waals surface area contributed by atoms with Crippen molar-refractivity contribution < 1.29 is 9.84 Å². The molecule has 0 amide bonds. The van der Waals surface area contributed by atoms with Crippen LogP contribution in [-0.4, -0.2) is 64.7 Å². The van der Waals surface area contributed by atoms with Gasteiger partial charge in [0.2, 0.25) is 5.88 Å². The number of hydrogen-bond acceptors (Lipinski definition) is 7. The maximum absolute atomic E-state index is 10.7. The molecule has 0 radical (unpaired) electrons. The number of hydrogen-bond donors (Lipinski definition) is 1. The van der Waals surface area contributed by atoms with Gasteiger partial charge in [0, 0.05) is 32.4 Å². The maximum Gasteiger partial charge on any atom is 0.245 e. The Morgan fingerprint density at radius 3 is 2.77 bits per heavy atom. The lowest BCUT2D eigenvalue weighted by molar-refractivity contribution is -0.0292. The SMILES string of the molecule is CCn1ncc(-c2nc3c(OC4CCN(C(O)C5CCCC5)C4)ncnc3n2C)c1C. The van der Waals surface area contributed by atoms with E-state index in [2.05, 4.69) is 33.8 Å². The van der Waals surface area contributed by atoms with Crippen molar-refractivity contribution in [3.63, 3.8) is 0 Å². The first kappa shape index (κ1) is 20.4. The molecule has 1 aliphatic heterocycles. The molecule has 9 nitrogen and oxygen atoms in total. The Balaban J connectivity index is 1.38. The Bertz CT molecular complexity index is 1070. The standard InChI is InChI=1S/C22H31N7O2/c1-4-29-14(2)17(11-25-29)19-26-18-20(27(19)3)23-13-24-21(18)31-16-9-10-28(12-16)22(30)15-7-5-6-8-15/h11,13,15-16,22,30H,4-10,12H2,1-3H3. The minimum Gasteiger partial charge on any atom is -0.471 e. The van der Waals surface area contributed by atoms with E-state index in [-0.39, 0.29) is 12.3 Å². The number of likely N-dealkylation sites (tertiary alicyclic amines) is 1. The summed E-state index contributed by atoms with van der Waals surface area (Å²) in [5.74, 6) is 1.71. The number of rotatable bonds is 6. The molecular weight excluding hydrogens is 394 g/mol. The van der Waals surface area contributed by atoms with Crippen LogP contribution in [0, 0.1) is 12.8 Å². The van der Waals surface area contributed by atoms with Crippen LogP contribution in [0.3, 0.4) is 0 Å². The van der Waals surface area contributed by atoms with E-state index in [0.717, 1.165) is 55.1 Å². The highest BCUT2D eigenvalue weighted by atomic mass is 16.5. The molecule has 2 atom stereocenters. The molecule has 2 unspecified atom stereocenters. The van der Waals surface area contributed by atoms with E-state index in [1.165, 1.54) is 19.2 Å². The van der Waals surface area contributed by atoms with Gasteiger partial charge in [0.1, 0.15) is 24.5 Å². The van der Waals surface area contributed by atoms with Crippen LogP contribution < -0.4 is 4.74 Å². The largest absolute Gasteiger partial charge is 0.471 e. The zero-order chi connectivity index (χ0) is 21.5. The number of fused-ring (bicyclic) bond motifs is 1. The summed E-state index contributed by atoms with van der Waals surface area (Å²) >= 11 is 0. The van der Waals surface area contributed by atoms with E-state index >= 15 is 0 Å². The van der Waals surface area contributed by atoms with Crippen molar-refractivity contribution >= 4 is 11.2 Å². The van der Waals surface area contributed by atoms with E-state index in [4.69, 9.17) is 9.72 Å². The molecule has 1 saturated heterocycles. The van der Waals surface area contributed by atoms with Gasteiger partial charge in [-0.1, -0.05) is 12.8 Å². The molecule has 3 aromatic rings. The molecule has 3 aromatic heterocycles. The first-order chi connectivity index (χ1) is 15.1. The molecule has 9 heteroatoms. The number of ether oxygens (including phenoxy) is 1. The number of aliphatic hydroxyl groups excluding tert-OH is 1. The molecule has 1 N–H and O–H groups in total. The summed E-state index contributed by atoms with van der Waals surface area (Å²) < 4.78 is 10.2. The van der Waals surface area contributed by atoms with Crippen LogP contribution in [0.25, 0.3) is 22.6 Å². The third kappa shape index (κ3) is 3.59. The molecule has 2 aliphatic rings. The van der Waals surface area contributed by atoms with Gasteiger partial charge < -0.3 is 14.4 Å². The summed E-state index contributed by atoms with van der Waals surface area (Å²) in [4.78, 5) is 15.8. The monoisotopic (exact) mass is 425 g/mol. The summed E-state index contributed by atoms with van der Waals surface area (Å²) in [6.45, 7) is 6.50. The van der Waals surface area contributed by atoms with Crippen molar-refractivity contribution in [2.45, 2.75) is 64.8 Å². The van der Waals surface area contributed by atoms with Crippen LogP contribution in [0.15, 0.2) is 12.5 Å². The summed E-state index contributed by atoms with van der Waals surface area (Å²) in [5.41, 5.74) is 3.46. The molecule has 0 aromatic carbocycles. The molecule has 2 fully saturated rings. The topological polar surface area (TPSA) is 94.1 Å². The highest BCUT2D eigenvalue weighted by Gasteiger charge is 2.34. The average molecular weight is 426 g/mol. The average Bonchev–Trinajstić information content (AvgIpc) is 3.56. The maximum atomic E-state index is 10.7. The fourth-order valence-electron chi connectivity index (χ4n) is 5.09. The number of aliphatic hydroxyl groups is 1. The number of nitrogens with zero attached hydrogens (tertiary/aromatic N) is 7. The predicted octanol–water partition coefficient (Wildman–Crippen LogP) is 2.52. The van der Waals surface area contributed by atoms with Gasteiger partial charge in [0.15, 0.2) is 11.2 Å². The highest BCUT2D eigenvalue weighted by molar-refractivity contribution is 5.81. The predicted molar refractivity (Wildman–Crippen MR) is 117 cm³/mol. The first-order valence-corrected chi connectivity index (χ1v) is 11.4. The summed E-state index contributed by atoms with van der Waals surface area (Å²) in [6.07, 6.45) is 8.60. The zero-order valence-electron chi connectivity index (χ0n) is 18.5. The fourth-order valence-corrected chi connectivity index (χ4v) is 5.09. The zero-order valence-corrected chi connectivity index (χ0v) is 18.5. The Morgan fingerprint density at radius 1 is 1.23 bits per heavy atom. The second-order valence-electron chi connectivity index (χ2n) is 8.79. The second-order valence-corrected chi connectivity index (χ2v) is 8.79. The lowest BCUT2D eigenvalue weighted by Crippen LogP contribution is -2.39. The Kier molecular flexibility index (Phi) is 5.39. The lowest BCUT2D eigenvalue weighted by Gasteiger charge is -2.27. The van der Waals surface area contributed by atoms with Crippen LogP contribution >= 0.6 is 0 Å². The molecule has 1 saturated carbocycles. The van der Waals surface area contributed by atoms with Crippen LogP contribution in [0.1, 0.15) is 44.7 Å². The van der Waals surface area contributed by atoms with Crippen molar-refractivity contribution in [2.75, 3.05) is 13.1 Å². The molecule has 1 aliphatic carbocycles. The summed E-state index contributed by atoms with van der Waals surface area (Å²) in [5, 5.41) is 15.2. The third-order valence-corrected chi connectivity index (χ3v) is 6.92. The van der Waals surface area contributed by atoms with Crippen LogP contribution in [0.2, 0.25) is 0 Å². The van der Waals surface area contributed by atoms with Crippen LogP contribution in [-0.2, 0) is 13.6 Å². The van der Waals surface area contributed by atoms with E-state index in [9.17, 15) is 5.11 Å². The molecule has 5 rings (SSSR count). The van der Waals surface area contributed by atoms with E-state index in [1.54, 1.807) is 0 Å². The molecule has 31 heavy (non-hydrogen) atoms. The fraction of sp³-hybridized carbons (Fsp3) is 0.636.